The molecule has 1 fully saturated rings. The van der Waals surface area contributed by atoms with Crippen molar-refractivity contribution in [1.82, 2.24) is 0 Å². The first kappa shape index (κ1) is 11.7. The van der Waals surface area contributed by atoms with Crippen LogP contribution in [0.15, 0.2) is 42.2 Å². The maximum absolute atomic E-state index is 2.44. The fourth-order valence-corrected chi connectivity index (χ4v) is 12.8. The third kappa shape index (κ3) is 1.77. The van der Waals surface area contributed by atoms with Gasteiger partial charge in [-0.05, 0) is 0 Å². The van der Waals surface area contributed by atoms with E-state index in [1.54, 1.807) is 31.7 Å². The summed E-state index contributed by atoms with van der Waals surface area (Å²) in [5.41, 5.74) is 6.44. The van der Waals surface area contributed by atoms with Gasteiger partial charge in [0.1, 0.15) is 0 Å². The van der Waals surface area contributed by atoms with Crippen LogP contribution in [0.2, 0.25) is 9.45 Å². The van der Waals surface area contributed by atoms with Crippen LogP contribution in [0.1, 0.15) is 40.5 Å². The van der Waals surface area contributed by atoms with Crippen LogP contribution in [0.5, 0.6) is 0 Å². The van der Waals surface area contributed by atoms with Crippen molar-refractivity contribution in [3.8, 4) is 0 Å². The molecule has 0 amide bonds. The minimum absolute atomic E-state index is 1.31. The van der Waals surface area contributed by atoms with Crippen molar-refractivity contribution < 1.29 is 16.6 Å². The van der Waals surface area contributed by atoms with E-state index in [2.05, 4.69) is 39.8 Å². The molecule has 0 saturated carbocycles. The summed E-state index contributed by atoms with van der Waals surface area (Å²) >= 11 is -1.71. The van der Waals surface area contributed by atoms with Gasteiger partial charge in [-0.25, -0.2) is 0 Å². The molecule has 3 rings (SSSR count). The SMILES string of the molecule is CC1=CC(C)=[C]([Ti]2([C]3=C(C)C=C(C)C3)[CH2][CH2]2)C1. The third-order valence-corrected chi connectivity index (χ3v) is 12.4. The zero-order valence-corrected chi connectivity index (χ0v) is 13.0. The molecule has 1 aliphatic heterocycles. The summed E-state index contributed by atoms with van der Waals surface area (Å²) in [5, 5.41) is 0. The van der Waals surface area contributed by atoms with Gasteiger partial charge >= 0.3 is 109 Å². The molecule has 0 aromatic heterocycles. The van der Waals surface area contributed by atoms with E-state index in [4.69, 9.17) is 0 Å². The molecule has 0 spiro atoms. The van der Waals surface area contributed by atoms with Crippen molar-refractivity contribution in [3.05, 3.63) is 42.2 Å². The Morgan fingerprint density at radius 1 is 0.765 bits per heavy atom. The molecule has 2 aliphatic carbocycles. The first-order valence-corrected chi connectivity index (χ1v) is 10.5. The number of hydrogen-bond donors (Lipinski definition) is 0. The molecule has 3 aliphatic rings. The van der Waals surface area contributed by atoms with Crippen LogP contribution in [0.3, 0.4) is 0 Å². The van der Waals surface area contributed by atoms with Crippen molar-refractivity contribution in [2.45, 2.75) is 50.0 Å². The van der Waals surface area contributed by atoms with E-state index >= 15 is 0 Å². The molecule has 0 nitrogen and oxygen atoms in total. The van der Waals surface area contributed by atoms with Gasteiger partial charge < -0.3 is 0 Å². The second kappa shape index (κ2) is 3.83. The Bertz CT molecular complexity index is 464. The van der Waals surface area contributed by atoms with Crippen molar-refractivity contribution >= 4 is 0 Å². The second-order valence-corrected chi connectivity index (χ2v) is 13.1. The van der Waals surface area contributed by atoms with Crippen molar-refractivity contribution in [1.29, 1.82) is 0 Å². The molecule has 0 aromatic rings. The molecule has 0 N–H and O–H groups in total. The fourth-order valence-electron chi connectivity index (χ4n) is 3.86. The van der Waals surface area contributed by atoms with E-state index in [-0.39, 0.29) is 0 Å². The molecule has 0 radical (unpaired) electrons. The Labute approximate surface area is 109 Å². The summed E-state index contributed by atoms with van der Waals surface area (Å²) in [5.74, 6) is 0. The predicted octanol–water partition coefficient (Wildman–Crippen LogP) is 5.24. The number of hydrogen-bond acceptors (Lipinski definition) is 0. The molecule has 0 unspecified atom stereocenters. The summed E-state index contributed by atoms with van der Waals surface area (Å²) in [6.45, 7) is 9.30. The molecule has 1 heterocycles. The van der Waals surface area contributed by atoms with Crippen LogP contribution in [-0.2, 0) is 16.6 Å². The van der Waals surface area contributed by atoms with E-state index in [1.165, 1.54) is 12.8 Å². The Hall–Kier alpha value is -0.326. The molecular formula is C16H22Ti. The average Bonchev–Trinajstić information content (AvgIpc) is 2.86. The molecule has 17 heavy (non-hydrogen) atoms. The second-order valence-electron chi connectivity index (χ2n) is 6.24. The van der Waals surface area contributed by atoms with Gasteiger partial charge in [-0.3, -0.25) is 0 Å². The first-order valence-electron chi connectivity index (χ1n) is 6.78. The fraction of sp³-hybridized carbons (Fsp3) is 0.500. The van der Waals surface area contributed by atoms with Gasteiger partial charge in [0.2, 0.25) is 0 Å². The first-order chi connectivity index (χ1) is 8.03. The number of rotatable bonds is 2. The molecular weight excluding hydrogens is 240 g/mol. The van der Waals surface area contributed by atoms with Gasteiger partial charge in [0.05, 0.1) is 0 Å². The van der Waals surface area contributed by atoms with E-state index in [1.807, 2.05) is 7.76 Å². The monoisotopic (exact) mass is 262 g/mol. The van der Waals surface area contributed by atoms with Gasteiger partial charge in [-0.1, -0.05) is 0 Å². The van der Waals surface area contributed by atoms with E-state index in [9.17, 15) is 0 Å². The van der Waals surface area contributed by atoms with Crippen LogP contribution in [0.4, 0.5) is 0 Å². The van der Waals surface area contributed by atoms with E-state index in [0.717, 1.165) is 0 Å². The Morgan fingerprint density at radius 3 is 1.41 bits per heavy atom. The van der Waals surface area contributed by atoms with Gasteiger partial charge in [0, 0.05) is 0 Å². The van der Waals surface area contributed by atoms with Gasteiger partial charge in [-0.15, -0.1) is 0 Å². The Kier molecular flexibility index (Phi) is 2.65. The third-order valence-electron chi connectivity index (χ3n) is 4.69. The average molecular weight is 262 g/mol. The van der Waals surface area contributed by atoms with Gasteiger partial charge in [0.25, 0.3) is 0 Å². The van der Waals surface area contributed by atoms with E-state index in [0.29, 0.717) is 0 Å². The van der Waals surface area contributed by atoms with Gasteiger partial charge in [-0.2, -0.15) is 0 Å². The van der Waals surface area contributed by atoms with Crippen LogP contribution < -0.4 is 0 Å². The van der Waals surface area contributed by atoms with E-state index < -0.39 is 16.6 Å². The standard InChI is InChI=1S/2C7H9.C2H4.Ti/c2*1-6-3-4-7(2)5-6;1-2;/h2*5H,3H2,1-2H3;1-2H2;. The normalized spacial score (nSPS) is 26.6. The zero-order valence-electron chi connectivity index (χ0n) is 11.5. The zero-order chi connectivity index (χ0) is 12.2. The number of allylic oxidation sites excluding steroid dienone is 8. The van der Waals surface area contributed by atoms with Crippen LogP contribution >= 0.6 is 0 Å². The van der Waals surface area contributed by atoms with Crippen molar-refractivity contribution in [2.75, 3.05) is 0 Å². The van der Waals surface area contributed by atoms with Crippen LogP contribution in [0.25, 0.3) is 0 Å². The molecule has 90 valence electrons. The molecule has 0 aromatic carbocycles. The maximum atomic E-state index is 2.44. The molecule has 0 atom stereocenters. The summed E-state index contributed by atoms with van der Waals surface area (Å²) < 4.78 is 6.98. The molecule has 1 heteroatoms. The quantitative estimate of drug-likeness (QED) is 0.597. The summed E-state index contributed by atoms with van der Waals surface area (Å²) in [6.07, 6.45) is 7.49. The predicted molar refractivity (Wildman–Crippen MR) is 71.8 cm³/mol. The summed E-state index contributed by atoms with van der Waals surface area (Å²) in [6, 6.07) is 0. The minimum atomic E-state index is -1.71. The molecule has 1 saturated heterocycles. The summed E-state index contributed by atoms with van der Waals surface area (Å²) in [7, 11) is 0. The Balaban J connectivity index is 1.96. The summed E-state index contributed by atoms with van der Waals surface area (Å²) in [4.78, 5) is 0. The van der Waals surface area contributed by atoms with Crippen LogP contribution in [0, 0.1) is 0 Å². The topological polar surface area (TPSA) is 0 Å². The van der Waals surface area contributed by atoms with Crippen molar-refractivity contribution in [3.63, 3.8) is 0 Å². The van der Waals surface area contributed by atoms with Crippen molar-refractivity contribution in [2.24, 2.45) is 0 Å². The molecule has 0 bridgehead atoms. The van der Waals surface area contributed by atoms with Gasteiger partial charge in [0.15, 0.2) is 0 Å². The Morgan fingerprint density at radius 2 is 1.18 bits per heavy atom. The van der Waals surface area contributed by atoms with Crippen LogP contribution in [-0.4, -0.2) is 0 Å².